The van der Waals surface area contributed by atoms with Gasteiger partial charge in [0.05, 0.1) is 0 Å². The summed E-state index contributed by atoms with van der Waals surface area (Å²) >= 11 is 5.86. The molecule has 3 nitrogen and oxygen atoms in total. The molecule has 0 aromatic heterocycles. The highest BCUT2D eigenvalue weighted by molar-refractivity contribution is 6.30. The Hall–Kier alpha value is -1.06. The summed E-state index contributed by atoms with van der Waals surface area (Å²) in [7, 11) is 0. The topological polar surface area (TPSA) is 49.3 Å². The molecule has 0 atom stereocenters. The molecule has 1 aliphatic carbocycles. The van der Waals surface area contributed by atoms with Crippen LogP contribution in [0.5, 0.6) is 0 Å². The minimum absolute atomic E-state index is 0.0649. The van der Waals surface area contributed by atoms with Gasteiger partial charge in [-0.1, -0.05) is 17.7 Å². The first kappa shape index (κ1) is 13.4. The number of halogens is 1. The molecule has 18 heavy (non-hydrogen) atoms. The largest absolute Gasteiger partial charge is 0.396 e. The first-order chi connectivity index (χ1) is 8.69. The minimum Gasteiger partial charge on any atom is -0.396 e. The minimum atomic E-state index is -0.0649. The number of hydrogen-bond acceptors (Lipinski definition) is 2. The molecule has 0 spiro atoms. The van der Waals surface area contributed by atoms with Gasteiger partial charge in [0.25, 0.3) is 5.91 Å². The summed E-state index contributed by atoms with van der Waals surface area (Å²) in [6.45, 7) is 0.259. The van der Waals surface area contributed by atoms with Crippen LogP contribution in [0.4, 0.5) is 0 Å². The predicted octanol–water partition coefficient (Wildman–Crippen LogP) is 2.62. The molecule has 0 heterocycles. The number of rotatable bonds is 3. The molecule has 1 aromatic rings. The molecule has 2 N–H and O–H groups in total. The van der Waals surface area contributed by atoms with Crippen LogP contribution in [0.25, 0.3) is 0 Å². The van der Waals surface area contributed by atoms with Crippen molar-refractivity contribution in [3.8, 4) is 0 Å². The number of benzene rings is 1. The van der Waals surface area contributed by atoms with Crippen molar-refractivity contribution in [2.75, 3.05) is 6.61 Å². The molecule has 1 amide bonds. The molecule has 2 rings (SSSR count). The Bertz CT molecular complexity index is 414. The third-order valence-corrected chi connectivity index (χ3v) is 3.76. The van der Waals surface area contributed by atoms with Crippen molar-refractivity contribution >= 4 is 17.5 Å². The van der Waals surface area contributed by atoms with E-state index >= 15 is 0 Å². The predicted molar refractivity (Wildman–Crippen MR) is 71.8 cm³/mol. The van der Waals surface area contributed by atoms with E-state index in [0.717, 1.165) is 25.7 Å². The van der Waals surface area contributed by atoms with Gasteiger partial charge in [-0.3, -0.25) is 4.79 Å². The van der Waals surface area contributed by atoms with Crippen LogP contribution >= 0.6 is 11.6 Å². The lowest BCUT2D eigenvalue weighted by atomic mass is 9.86. The van der Waals surface area contributed by atoms with E-state index in [2.05, 4.69) is 5.32 Å². The monoisotopic (exact) mass is 267 g/mol. The molecule has 0 unspecified atom stereocenters. The maximum Gasteiger partial charge on any atom is 0.251 e. The van der Waals surface area contributed by atoms with Gasteiger partial charge in [-0.15, -0.1) is 0 Å². The highest BCUT2D eigenvalue weighted by Crippen LogP contribution is 2.24. The lowest BCUT2D eigenvalue weighted by Gasteiger charge is -2.27. The van der Waals surface area contributed by atoms with E-state index in [9.17, 15) is 4.79 Å². The van der Waals surface area contributed by atoms with Crippen LogP contribution in [-0.2, 0) is 0 Å². The van der Waals surface area contributed by atoms with Gasteiger partial charge in [0.15, 0.2) is 0 Å². The van der Waals surface area contributed by atoms with E-state index in [-0.39, 0.29) is 18.6 Å². The molecule has 0 radical (unpaired) electrons. The number of hydrogen-bond donors (Lipinski definition) is 2. The maximum atomic E-state index is 12.0. The molecule has 1 aliphatic rings. The SMILES string of the molecule is O=C(NC1CCC(CO)CC1)c1cccc(Cl)c1. The zero-order valence-electron chi connectivity index (χ0n) is 10.2. The van der Waals surface area contributed by atoms with Crippen LogP contribution in [0.15, 0.2) is 24.3 Å². The van der Waals surface area contributed by atoms with Crippen LogP contribution in [0, 0.1) is 5.92 Å². The Morgan fingerprint density at radius 1 is 1.33 bits per heavy atom. The summed E-state index contributed by atoms with van der Waals surface area (Å²) < 4.78 is 0. The van der Waals surface area contributed by atoms with Crippen molar-refractivity contribution in [1.29, 1.82) is 0 Å². The quantitative estimate of drug-likeness (QED) is 0.885. The van der Waals surface area contributed by atoms with Crippen molar-refractivity contribution in [3.63, 3.8) is 0 Å². The van der Waals surface area contributed by atoms with Crippen LogP contribution in [0.2, 0.25) is 5.02 Å². The molecule has 4 heteroatoms. The van der Waals surface area contributed by atoms with Crippen molar-refractivity contribution in [2.45, 2.75) is 31.7 Å². The zero-order valence-corrected chi connectivity index (χ0v) is 11.0. The van der Waals surface area contributed by atoms with Gasteiger partial charge in [-0.2, -0.15) is 0 Å². The molecule has 98 valence electrons. The second-order valence-electron chi connectivity index (χ2n) is 4.88. The average molecular weight is 268 g/mol. The van der Waals surface area contributed by atoms with Crippen molar-refractivity contribution in [3.05, 3.63) is 34.9 Å². The summed E-state index contributed by atoms with van der Waals surface area (Å²) in [5.41, 5.74) is 0.604. The lowest BCUT2D eigenvalue weighted by Crippen LogP contribution is -2.38. The van der Waals surface area contributed by atoms with Crippen molar-refractivity contribution in [2.24, 2.45) is 5.92 Å². The lowest BCUT2D eigenvalue weighted by molar-refractivity contribution is 0.0914. The number of nitrogens with one attached hydrogen (secondary N) is 1. The summed E-state index contributed by atoms with van der Waals surface area (Å²) in [6.07, 6.45) is 3.85. The molecule has 1 saturated carbocycles. The second-order valence-corrected chi connectivity index (χ2v) is 5.32. The van der Waals surface area contributed by atoms with Crippen molar-refractivity contribution in [1.82, 2.24) is 5.32 Å². The Morgan fingerprint density at radius 3 is 2.67 bits per heavy atom. The smallest absolute Gasteiger partial charge is 0.251 e. The summed E-state index contributed by atoms with van der Waals surface area (Å²) in [5.74, 6) is 0.342. The first-order valence-corrected chi connectivity index (χ1v) is 6.74. The number of aliphatic hydroxyl groups is 1. The highest BCUT2D eigenvalue weighted by Gasteiger charge is 2.22. The van der Waals surface area contributed by atoms with Crippen LogP contribution in [-0.4, -0.2) is 23.7 Å². The zero-order chi connectivity index (χ0) is 13.0. The maximum absolute atomic E-state index is 12.0. The fourth-order valence-electron chi connectivity index (χ4n) is 2.39. The summed E-state index contributed by atoms with van der Waals surface area (Å²) in [5, 5.41) is 12.7. The summed E-state index contributed by atoms with van der Waals surface area (Å²) in [6, 6.07) is 7.20. The van der Waals surface area contributed by atoms with E-state index in [4.69, 9.17) is 16.7 Å². The molecular weight excluding hydrogens is 250 g/mol. The van der Waals surface area contributed by atoms with Crippen molar-refractivity contribution < 1.29 is 9.90 Å². The van der Waals surface area contributed by atoms with Crippen LogP contribution in [0.1, 0.15) is 36.0 Å². The highest BCUT2D eigenvalue weighted by atomic mass is 35.5. The van der Waals surface area contributed by atoms with Crippen LogP contribution in [0.3, 0.4) is 0 Å². The summed E-state index contributed by atoms with van der Waals surface area (Å²) in [4.78, 5) is 12.0. The average Bonchev–Trinajstić information content (AvgIpc) is 2.39. The van der Waals surface area contributed by atoms with Crippen LogP contribution < -0.4 is 5.32 Å². The Labute approximate surface area is 112 Å². The van der Waals surface area contributed by atoms with Gasteiger partial charge in [-0.25, -0.2) is 0 Å². The Balaban J connectivity index is 1.89. The van der Waals surface area contributed by atoms with E-state index in [1.807, 2.05) is 0 Å². The number of carbonyl (C=O) groups excluding carboxylic acids is 1. The van der Waals surface area contributed by atoms with E-state index in [0.29, 0.717) is 16.5 Å². The van der Waals surface area contributed by atoms with Gasteiger partial charge >= 0.3 is 0 Å². The number of amides is 1. The Kier molecular flexibility index (Phi) is 4.61. The standard InChI is InChI=1S/C14H18ClNO2/c15-12-3-1-2-11(8-12)14(18)16-13-6-4-10(9-17)5-7-13/h1-3,8,10,13,17H,4-7,9H2,(H,16,18). The fraction of sp³-hybridized carbons (Fsp3) is 0.500. The van der Waals surface area contributed by atoms with Gasteiger partial charge in [0.2, 0.25) is 0 Å². The Morgan fingerprint density at radius 2 is 2.06 bits per heavy atom. The van der Waals surface area contributed by atoms with Gasteiger partial charge in [0, 0.05) is 23.2 Å². The van der Waals surface area contributed by atoms with Gasteiger partial charge < -0.3 is 10.4 Å². The van der Waals surface area contributed by atoms with E-state index in [1.54, 1.807) is 24.3 Å². The fourth-order valence-corrected chi connectivity index (χ4v) is 2.58. The third-order valence-electron chi connectivity index (χ3n) is 3.53. The second kappa shape index (κ2) is 6.21. The molecule has 0 aliphatic heterocycles. The normalized spacial score (nSPS) is 23.7. The van der Waals surface area contributed by atoms with E-state index in [1.165, 1.54) is 0 Å². The van der Waals surface area contributed by atoms with Gasteiger partial charge in [0.1, 0.15) is 0 Å². The molecule has 0 saturated heterocycles. The number of aliphatic hydroxyl groups excluding tert-OH is 1. The first-order valence-electron chi connectivity index (χ1n) is 6.36. The van der Waals surface area contributed by atoms with Gasteiger partial charge in [-0.05, 0) is 49.8 Å². The number of carbonyl (C=O) groups is 1. The molecule has 1 aromatic carbocycles. The molecule has 1 fully saturated rings. The molecule has 0 bridgehead atoms. The van der Waals surface area contributed by atoms with E-state index < -0.39 is 0 Å². The molecular formula is C14H18ClNO2. The third kappa shape index (κ3) is 3.47.